The third kappa shape index (κ3) is 3.94. The number of carbonyl (C=O) groups is 1. The lowest BCUT2D eigenvalue weighted by atomic mass is 10.2. The summed E-state index contributed by atoms with van der Waals surface area (Å²) in [5, 5.41) is 12.0. The first-order chi connectivity index (χ1) is 12.8. The van der Waals surface area contributed by atoms with Gasteiger partial charge < -0.3 is 10.2 Å². The van der Waals surface area contributed by atoms with Gasteiger partial charge in [-0.2, -0.15) is 16.9 Å². The second-order valence-corrected chi connectivity index (χ2v) is 8.27. The average molecular weight is 385 g/mol. The molecule has 1 aliphatic heterocycles. The molecule has 7 heteroatoms. The van der Waals surface area contributed by atoms with Gasteiger partial charge in [-0.15, -0.1) is 11.3 Å². The highest BCUT2D eigenvalue weighted by Gasteiger charge is 2.13. The molecule has 3 heterocycles. The van der Waals surface area contributed by atoms with Crippen LogP contribution in [-0.4, -0.2) is 40.7 Å². The number of H-pyrrole nitrogens is 1. The normalized spacial score (nSPS) is 14.4. The fraction of sp³-hybridized carbons (Fsp3) is 0.263. The Bertz CT molecular complexity index is 852. The number of anilines is 1. The highest BCUT2D eigenvalue weighted by molar-refractivity contribution is 7.99. The molecule has 0 atom stereocenters. The minimum atomic E-state index is -0.166. The maximum absolute atomic E-state index is 12.3. The molecule has 0 saturated carbocycles. The van der Waals surface area contributed by atoms with Gasteiger partial charge in [0.25, 0.3) is 5.91 Å². The van der Waals surface area contributed by atoms with Crippen LogP contribution >= 0.6 is 23.1 Å². The van der Waals surface area contributed by atoms with E-state index in [4.69, 9.17) is 0 Å². The van der Waals surface area contributed by atoms with Crippen molar-refractivity contribution in [2.75, 3.05) is 29.5 Å². The molecule has 2 N–H and O–H groups in total. The molecule has 5 nitrogen and oxygen atoms in total. The van der Waals surface area contributed by atoms with Crippen LogP contribution in [0, 0.1) is 0 Å². The number of amides is 1. The Labute approximate surface area is 160 Å². The van der Waals surface area contributed by atoms with Crippen LogP contribution in [0.3, 0.4) is 0 Å². The number of thioether (sulfide) groups is 1. The van der Waals surface area contributed by atoms with Crippen LogP contribution in [0.25, 0.3) is 10.6 Å². The number of benzene rings is 1. The van der Waals surface area contributed by atoms with Crippen LogP contribution in [0.2, 0.25) is 0 Å². The number of nitrogens with zero attached hydrogens (tertiary/aromatic N) is 2. The highest BCUT2D eigenvalue weighted by Crippen LogP contribution is 2.23. The van der Waals surface area contributed by atoms with E-state index in [0.717, 1.165) is 29.2 Å². The minimum absolute atomic E-state index is 0.166. The Hall–Kier alpha value is -2.25. The first kappa shape index (κ1) is 17.2. The smallest absolute Gasteiger partial charge is 0.272 e. The molecule has 1 aromatic carbocycles. The second-order valence-electron chi connectivity index (χ2n) is 6.09. The molecule has 0 unspecified atom stereocenters. The van der Waals surface area contributed by atoms with E-state index in [1.165, 1.54) is 17.2 Å². The summed E-state index contributed by atoms with van der Waals surface area (Å²) in [6.45, 7) is 2.70. The number of nitrogens with one attached hydrogen (secondary N) is 2. The summed E-state index contributed by atoms with van der Waals surface area (Å²) in [7, 11) is 0. The zero-order valence-corrected chi connectivity index (χ0v) is 15.9. The van der Waals surface area contributed by atoms with Crippen LogP contribution in [0.4, 0.5) is 5.69 Å². The Kier molecular flexibility index (Phi) is 5.26. The summed E-state index contributed by atoms with van der Waals surface area (Å²) in [4.78, 5) is 15.8. The lowest BCUT2D eigenvalue weighted by Gasteiger charge is -2.28. The van der Waals surface area contributed by atoms with Crippen LogP contribution in [0.5, 0.6) is 0 Å². The van der Waals surface area contributed by atoms with Crippen molar-refractivity contribution >= 4 is 34.7 Å². The number of aromatic amines is 1. The van der Waals surface area contributed by atoms with Crippen LogP contribution in [-0.2, 0) is 6.54 Å². The van der Waals surface area contributed by atoms with Crippen molar-refractivity contribution in [1.29, 1.82) is 0 Å². The zero-order chi connectivity index (χ0) is 17.8. The van der Waals surface area contributed by atoms with Crippen molar-refractivity contribution in [1.82, 2.24) is 15.5 Å². The van der Waals surface area contributed by atoms with Gasteiger partial charge >= 0.3 is 0 Å². The van der Waals surface area contributed by atoms with Gasteiger partial charge in [0.1, 0.15) is 0 Å². The summed E-state index contributed by atoms with van der Waals surface area (Å²) in [5.74, 6) is 2.21. The fourth-order valence-electron chi connectivity index (χ4n) is 2.92. The van der Waals surface area contributed by atoms with Crippen molar-refractivity contribution in [2.45, 2.75) is 6.54 Å². The van der Waals surface area contributed by atoms with E-state index in [0.29, 0.717) is 12.2 Å². The summed E-state index contributed by atoms with van der Waals surface area (Å²) >= 11 is 3.63. The van der Waals surface area contributed by atoms with E-state index in [9.17, 15) is 4.79 Å². The molecule has 26 heavy (non-hydrogen) atoms. The number of hydrogen-bond acceptors (Lipinski definition) is 5. The molecular formula is C19H20N4OS2. The Morgan fingerprint density at radius 3 is 2.73 bits per heavy atom. The van der Waals surface area contributed by atoms with E-state index in [1.54, 1.807) is 17.4 Å². The first-order valence-corrected chi connectivity index (χ1v) is 10.6. The van der Waals surface area contributed by atoms with Crippen LogP contribution in [0.15, 0.2) is 47.8 Å². The quantitative estimate of drug-likeness (QED) is 0.705. The summed E-state index contributed by atoms with van der Waals surface area (Å²) < 4.78 is 0. The molecule has 3 aromatic rings. The number of thiophene rings is 1. The molecule has 0 bridgehead atoms. The van der Waals surface area contributed by atoms with Gasteiger partial charge in [0, 0.05) is 36.8 Å². The minimum Gasteiger partial charge on any atom is -0.370 e. The van der Waals surface area contributed by atoms with E-state index in [-0.39, 0.29) is 5.91 Å². The van der Waals surface area contributed by atoms with Crippen molar-refractivity contribution < 1.29 is 4.79 Å². The number of carbonyl (C=O) groups excluding carboxylic acids is 1. The third-order valence-corrected chi connectivity index (χ3v) is 6.21. The van der Waals surface area contributed by atoms with Gasteiger partial charge in [-0.3, -0.25) is 9.89 Å². The monoisotopic (exact) mass is 384 g/mol. The molecule has 1 saturated heterocycles. The molecule has 1 aliphatic rings. The predicted octanol–water partition coefficient (Wildman–Crippen LogP) is 3.62. The van der Waals surface area contributed by atoms with Crippen LogP contribution < -0.4 is 10.2 Å². The Morgan fingerprint density at radius 1 is 1.19 bits per heavy atom. The zero-order valence-electron chi connectivity index (χ0n) is 14.3. The average Bonchev–Trinajstić information content (AvgIpc) is 3.39. The topological polar surface area (TPSA) is 61.0 Å². The largest absolute Gasteiger partial charge is 0.370 e. The van der Waals surface area contributed by atoms with Gasteiger partial charge in [-0.05, 0) is 35.2 Å². The Morgan fingerprint density at radius 2 is 2.00 bits per heavy atom. The van der Waals surface area contributed by atoms with E-state index in [2.05, 4.69) is 44.7 Å². The molecule has 0 spiro atoms. The lowest BCUT2D eigenvalue weighted by Crippen LogP contribution is -2.32. The van der Waals surface area contributed by atoms with Crippen molar-refractivity contribution in [2.24, 2.45) is 0 Å². The molecular weight excluding hydrogens is 364 g/mol. The van der Waals surface area contributed by atoms with Crippen molar-refractivity contribution in [3.63, 3.8) is 0 Å². The highest BCUT2D eigenvalue weighted by atomic mass is 32.2. The number of rotatable bonds is 5. The van der Waals surface area contributed by atoms with Gasteiger partial charge in [-0.1, -0.05) is 18.2 Å². The molecule has 1 fully saturated rings. The maximum atomic E-state index is 12.3. The number of aromatic nitrogens is 2. The fourth-order valence-corrected chi connectivity index (χ4v) is 4.51. The van der Waals surface area contributed by atoms with E-state index < -0.39 is 0 Å². The standard InChI is InChI=1S/C19H20N4OS2/c24-19(17-12-16(21-22-17)18-2-1-9-26-18)20-13-14-3-5-15(6-4-14)23-7-10-25-11-8-23/h1-6,9,12H,7-8,10-11,13H2,(H,20,24)(H,21,22). The Balaban J connectivity index is 1.34. The molecule has 134 valence electrons. The van der Waals surface area contributed by atoms with Gasteiger partial charge in [0.15, 0.2) is 5.69 Å². The SMILES string of the molecule is O=C(NCc1ccc(N2CCSCC2)cc1)c1cc(-c2cccs2)[nH]n1. The molecule has 1 amide bonds. The molecule has 4 rings (SSSR count). The van der Waals surface area contributed by atoms with Gasteiger partial charge in [0.05, 0.1) is 10.6 Å². The molecule has 0 radical (unpaired) electrons. The first-order valence-electron chi connectivity index (χ1n) is 8.59. The molecule has 0 aliphatic carbocycles. The van der Waals surface area contributed by atoms with Crippen molar-refractivity contribution in [3.8, 4) is 10.6 Å². The predicted molar refractivity (Wildman–Crippen MR) is 109 cm³/mol. The van der Waals surface area contributed by atoms with Crippen molar-refractivity contribution in [3.05, 3.63) is 59.1 Å². The van der Waals surface area contributed by atoms with Crippen LogP contribution in [0.1, 0.15) is 16.1 Å². The summed E-state index contributed by atoms with van der Waals surface area (Å²) in [6.07, 6.45) is 0. The summed E-state index contributed by atoms with van der Waals surface area (Å²) in [5.41, 5.74) is 3.63. The van der Waals surface area contributed by atoms with E-state index >= 15 is 0 Å². The summed E-state index contributed by atoms with van der Waals surface area (Å²) in [6, 6.07) is 14.2. The molecule has 2 aromatic heterocycles. The number of hydrogen-bond donors (Lipinski definition) is 2. The van der Waals surface area contributed by atoms with E-state index in [1.807, 2.05) is 29.3 Å². The second kappa shape index (κ2) is 7.97. The van der Waals surface area contributed by atoms with Gasteiger partial charge in [0.2, 0.25) is 0 Å². The third-order valence-electron chi connectivity index (χ3n) is 4.36. The lowest BCUT2D eigenvalue weighted by molar-refractivity contribution is 0.0946. The maximum Gasteiger partial charge on any atom is 0.272 e. The van der Waals surface area contributed by atoms with Gasteiger partial charge in [-0.25, -0.2) is 0 Å².